The van der Waals surface area contributed by atoms with E-state index in [0.29, 0.717) is 11.3 Å². The number of rotatable bonds is 2. The lowest BCUT2D eigenvalue weighted by Gasteiger charge is -2.20. The minimum atomic E-state index is -1.15. The van der Waals surface area contributed by atoms with Gasteiger partial charge in [-0.05, 0) is 19.9 Å². The van der Waals surface area contributed by atoms with Gasteiger partial charge in [0.15, 0.2) is 0 Å². The Balaban J connectivity index is 3.35. The Bertz CT molecular complexity index is 342. The topological polar surface area (TPSA) is 49.7 Å². The van der Waals surface area contributed by atoms with Crippen molar-refractivity contribution in [1.82, 2.24) is 0 Å². The third-order valence-electron chi connectivity index (χ3n) is 1.93. The minimum Gasteiger partial charge on any atom is -0.506 e. The molecule has 0 saturated heterocycles. The second-order valence-electron chi connectivity index (χ2n) is 3.56. The molecule has 1 aromatic carbocycles. The van der Waals surface area contributed by atoms with Crippen LogP contribution in [0.15, 0.2) is 12.1 Å². The van der Waals surface area contributed by atoms with Crippen LogP contribution < -0.4 is 4.74 Å². The number of methoxy groups -OCH3 is 1. The van der Waals surface area contributed by atoms with Crippen LogP contribution in [0.2, 0.25) is 5.02 Å². The van der Waals surface area contributed by atoms with Crippen molar-refractivity contribution in [3.8, 4) is 11.5 Å². The summed E-state index contributed by atoms with van der Waals surface area (Å²) in [6, 6.07) is 3.05. The van der Waals surface area contributed by atoms with Gasteiger partial charge >= 0.3 is 0 Å². The third kappa shape index (κ3) is 2.11. The molecule has 0 fully saturated rings. The molecule has 1 rings (SSSR count). The summed E-state index contributed by atoms with van der Waals surface area (Å²) >= 11 is 5.76. The van der Waals surface area contributed by atoms with Gasteiger partial charge < -0.3 is 14.9 Å². The van der Waals surface area contributed by atoms with E-state index < -0.39 is 5.60 Å². The van der Waals surface area contributed by atoms with E-state index in [-0.39, 0.29) is 10.8 Å². The molecule has 0 amide bonds. The van der Waals surface area contributed by atoms with Gasteiger partial charge in [0.2, 0.25) is 0 Å². The quantitative estimate of drug-likeness (QED) is 0.798. The molecule has 0 bridgehead atoms. The van der Waals surface area contributed by atoms with Crippen molar-refractivity contribution < 1.29 is 14.9 Å². The lowest BCUT2D eigenvalue weighted by atomic mass is 9.97. The van der Waals surface area contributed by atoms with Crippen molar-refractivity contribution in [2.75, 3.05) is 7.11 Å². The van der Waals surface area contributed by atoms with E-state index in [1.54, 1.807) is 19.9 Å². The normalized spacial score (nSPS) is 11.5. The van der Waals surface area contributed by atoms with Crippen LogP contribution in [-0.2, 0) is 5.60 Å². The molecule has 2 N–H and O–H groups in total. The highest BCUT2D eigenvalue weighted by atomic mass is 35.5. The Labute approximate surface area is 87.9 Å². The van der Waals surface area contributed by atoms with E-state index in [0.717, 1.165) is 0 Å². The molecule has 0 heterocycles. The van der Waals surface area contributed by atoms with E-state index in [2.05, 4.69) is 0 Å². The standard InChI is InChI=1S/C10H13ClO3/c1-10(2,13)7-4-6(14-3)5-8(11)9(7)12/h4-5,12-13H,1-3H3. The van der Waals surface area contributed by atoms with Crippen LogP contribution in [0.4, 0.5) is 0 Å². The molecule has 0 saturated carbocycles. The van der Waals surface area contributed by atoms with Gasteiger partial charge in [0.1, 0.15) is 11.5 Å². The van der Waals surface area contributed by atoms with Gasteiger partial charge in [0, 0.05) is 11.6 Å². The first-order chi connectivity index (χ1) is 6.36. The van der Waals surface area contributed by atoms with E-state index >= 15 is 0 Å². The summed E-state index contributed by atoms with van der Waals surface area (Å²) in [6.45, 7) is 3.13. The molecular weight excluding hydrogens is 204 g/mol. The fourth-order valence-electron chi connectivity index (χ4n) is 1.16. The maximum atomic E-state index is 9.74. The SMILES string of the molecule is COc1cc(Cl)c(O)c(C(C)(C)O)c1. The first-order valence-electron chi connectivity index (χ1n) is 4.15. The summed E-state index contributed by atoms with van der Waals surface area (Å²) in [5, 5.41) is 19.5. The molecule has 0 aliphatic rings. The molecule has 0 radical (unpaired) electrons. The Hall–Kier alpha value is -0.930. The van der Waals surface area contributed by atoms with Gasteiger partial charge in [-0.2, -0.15) is 0 Å². The summed E-state index contributed by atoms with van der Waals surface area (Å²) in [6.07, 6.45) is 0. The number of ether oxygens (including phenoxy) is 1. The van der Waals surface area contributed by atoms with Gasteiger partial charge in [-0.3, -0.25) is 0 Å². The van der Waals surface area contributed by atoms with E-state index in [9.17, 15) is 10.2 Å². The summed E-state index contributed by atoms with van der Waals surface area (Å²) in [4.78, 5) is 0. The van der Waals surface area contributed by atoms with Crippen molar-refractivity contribution in [1.29, 1.82) is 0 Å². The van der Waals surface area contributed by atoms with Crippen molar-refractivity contribution in [3.63, 3.8) is 0 Å². The number of aliphatic hydroxyl groups is 1. The van der Waals surface area contributed by atoms with Crippen LogP contribution in [-0.4, -0.2) is 17.3 Å². The first-order valence-corrected chi connectivity index (χ1v) is 4.53. The summed E-state index contributed by atoms with van der Waals surface area (Å²) in [7, 11) is 1.50. The zero-order chi connectivity index (χ0) is 10.9. The van der Waals surface area contributed by atoms with E-state index in [4.69, 9.17) is 16.3 Å². The second-order valence-corrected chi connectivity index (χ2v) is 3.97. The zero-order valence-electron chi connectivity index (χ0n) is 8.34. The van der Waals surface area contributed by atoms with Crippen molar-refractivity contribution >= 4 is 11.6 Å². The molecule has 3 nitrogen and oxygen atoms in total. The van der Waals surface area contributed by atoms with E-state index in [1.165, 1.54) is 13.2 Å². The molecule has 78 valence electrons. The predicted molar refractivity (Wildman–Crippen MR) is 54.9 cm³/mol. The maximum Gasteiger partial charge on any atom is 0.140 e. The molecule has 4 heteroatoms. The Kier molecular flexibility index (Phi) is 2.92. The van der Waals surface area contributed by atoms with E-state index in [1.807, 2.05) is 0 Å². The minimum absolute atomic E-state index is 0.111. The van der Waals surface area contributed by atoms with Crippen molar-refractivity contribution in [2.45, 2.75) is 19.4 Å². The Morgan fingerprint density at radius 3 is 2.36 bits per heavy atom. The van der Waals surface area contributed by atoms with Crippen molar-refractivity contribution in [2.24, 2.45) is 0 Å². The summed E-state index contributed by atoms with van der Waals surface area (Å²) in [5.41, 5.74) is -0.802. The average Bonchev–Trinajstić information content (AvgIpc) is 2.07. The average molecular weight is 217 g/mol. The van der Waals surface area contributed by atoms with Gasteiger partial charge in [-0.1, -0.05) is 11.6 Å². The highest BCUT2D eigenvalue weighted by Gasteiger charge is 2.22. The van der Waals surface area contributed by atoms with Crippen LogP contribution in [0.1, 0.15) is 19.4 Å². The number of benzene rings is 1. The molecular formula is C10H13ClO3. The number of hydrogen-bond donors (Lipinski definition) is 2. The van der Waals surface area contributed by atoms with Gasteiger partial charge in [0.05, 0.1) is 17.7 Å². The molecule has 0 spiro atoms. The lowest BCUT2D eigenvalue weighted by molar-refractivity contribution is 0.0755. The van der Waals surface area contributed by atoms with Crippen molar-refractivity contribution in [3.05, 3.63) is 22.7 Å². The molecule has 0 aromatic heterocycles. The van der Waals surface area contributed by atoms with Crippen LogP contribution in [0.25, 0.3) is 0 Å². The molecule has 0 unspecified atom stereocenters. The fourth-order valence-corrected chi connectivity index (χ4v) is 1.37. The molecule has 1 aromatic rings. The zero-order valence-corrected chi connectivity index (χ0v) is 9.09. The lowest BCUT2D eigenvalue weighted by Crippen LogP contribution is -2.15. The smallest absolute Gasteiger partial charge is 0.140 e. The largest absolute Gasteiger partial charge is 0.506 e. The van der Waals surface area contributed by atoms with Gasteiger partial charge in [0.25, 0.3) is 0 Å². The van der Waals surface area contributed by atoms with Crippen LogP contribution in [0.3, 0.4) is 0 Å². The number of phenolic OH excluding ortho intramolecular Hbond substituents is 1. The molecule has 0 atom stereocenters. The first kappa shape index (κ1) is 11.1. The Morgan fingerprint density at radius 2 is 1.93 bits per heavy atom. The molecule has 0 aliphatic carbocycles. The Morgan fingerprint density at radius 1 is 1.36 bits per heavy atom. The van der Waals surface area contributed by atoms with Crippen LogP contribution >= 0.6 is 11.6 Å². The molecule has 0 aliphatic heterocycles. The number of phenols is 1. The van der Waals surface area contributed by atoms with Crippen LogP contribution in [0, 0.1) is 0 Å². The fraction of sp³-hybridized carbons (Fsp3) is 0.400. The highest BCUT2D eigenvalue weighted by molar-refractivity contribution is 6.32. The predicted octanol–water partition coefficient (Wildman–Crippen LogP) is 2.28. The number of halogens is 1. The third-order valence-corrected chi connectivity index (χ3v) is 2.22. The summed E-state index contributed by atoms with van der Waals surface area (Å²) in [5.74, 6) is 0.393. The maximum absolute atomic E-state index is 9.74. The highest BCUT2D eigenvalue weighted by Crippen LogP contribution is 2.37. The molecule has 14 heavy (non-hydrogen) atoms. The number of hydrogen-bond acceptors (Lipinski definition) is 3. The van der Waals surface area contributed by atoms with Crippen LogP contribution in [0.5, 0.6) is 11.5 Å². The van der Waals surface area contributed by atoms with Gasteiger partial charge in [-0.25, -0.2) is 0 Å². The monoisotopic (exact) mass is 216 g/mol. The van der Waals surface area contributed by atoms with Gasteiger partial charge in [-0.15, -0.1) is 0 Å². The summed E-state index contributed by atoms with van der Waals surface area (Å²) < 4.78 is 4.98. The number of aromatic hydroxyl groups is 1. The second kappa shape index (κ2) is 3.67.